The highest BCUT2D eigenvalue weighted by molar-refractivity contribution is 5.22. The first-order valence-electron chi connectivity index (χ1n) is 3.79. The van der Waals surface area contributed by atoms with Crippen molar-refractivity contribution in [2.45, 2.75) is 27.2 Å². The van der Waals surface area contributed by atoms with E-state index in [1.54, 1.807) is 0 Å². The molecular weight excluding hydrogens is 120 g/mol. The second kappa shape index (κ2) is 6.34. The molecule has 0 spiro atoms. The molecule has 0 aliphatic heterocycles. The number of hydrogen-bond acceptors (Lipinski definition) is 0. The molecule has 0 amide bonds. The first-order valence-corrected chi connectivity index (χ1v) is 3.79. The number of allylic oxidation sites excluding steroid dienone is 6. The van der Waals surface area contributed by atoms with Gasteiger partial charge in [0.25, 0.3) is 0 Å². The van der Waals surface area contributed by atoms with Gasteiger partial charge < -0.3 is 0 Å². The molecule has 0 rings (SSSR count). The van der Waals surface area contributed by atoms with Crippen LogP contribution in [0.3, 0.4) is 0 Å². The van der Waals surface area contributed by atoms with Crippen LogP contribution in [0.1, 0.15) is 27.2 Å². The molecule has 0 saturated heterocycles. The van der Waals surface area contributed by atoms with Crippen LogP contribution in [0, 0.1) is 0 Å². The molecule has 0 bridgehead atoms. The van der Waals surface area contributed by atoms with E-state index in [2.05, 4.69) is 31.2 Å². The topological polar surface area (TPSA) is 0 Å². The van der Waals surface area contributed by atoms with Crippen molar-refractivity contribution in [2.75, 3.05) is 0 Å². The molecule has 0 aromatic carbocycles. The molecule has 0 heterocycles. The molecule has 0 saturated carbocycles. The van der Waals surface area contributed by atoms with Crippen LogP contribution < -0.4 is 0 Å². The lowest BCUT2D eigenvalue weighted by Crippen LogP contribution is -1.70. The Hall–Kier alpha value is -0.780. The zero-order valence-corrected chi connectivity index (χ0v) is 7.09. The van der Waals surface area contributed by atoms with E-state index in [-0.39, 0.29) is 0 Å². The smallest absolute Gasteiger partial charge is 0.0308 e. The fourth-order valence-corrected chi connectivity index (χ4v) is 0.725. The van der Waals surface area contributed by atoms with E-state index in [0.29, 0.717) is 0 Å². The van der Waals surface area contributed by atoms with Gasteiger partial charge in [-0.25, -0.2) is 0 Å². The van der Waals surface area contributed by atoms with Crippen LogP contribution >= 0.6 is 0 Å². The molecule has 0 aromatic rings. The van der Waals surface area contributed by atoms with Gasteiger partial charge in [0.1, 0.15) is 0 Å². The Morgan fingerprint density at radius 1 is 1.20 bits per heavy atom. The summed E-state index contributed by atoms with van der Waals surface area (Å²) in [5.41, 5.74) is 1.38. The molecule has 0 heteroatoms. The zero-order valence-electron chi connectivity index (χ0n) is 7.09. The van der Waals surface area contributed by atoms with E-state index in [4.69, 9.17) is 0 Å². The highest BCUT2D eigenvalue weighted by Gasteiger charge is 1.81. The Labute approximate surface area is 64.0 Å². The molecule has 0 radical (unpaired) electrons. The van der Waals surface area contributed by atoms with Crippen molar-refractivity contribution in [3.05, 3.63) is 36.0 Å². The number of rotatable bonds is 3. The van der Waals surface area contributed by atoms with Crippen molar-refractivity contribution in [1.82, 2.24) is 0 Å². The summed E-state index contributed by atoms with van der Waals surface area (Å²) >= 11 is 0. The first-order chi connectivity index (χ1) is 4.85. The lowest BCUT2D eigenvalue weighted by atomic mass is 10.2. The molecule has 0 aromatic heterocycles. The van der Waals surface area contributed by atoms with E-state index in [1.165, 1.54) is 5.57 Å². The van der Waals surface area contributed by atoms with Crippen LogP contribution in [0.25, 0.3) is 0 Å². The SMILES string of the molecule is C\C=C/C=C(\C=C/C)CC. The average Bonchev–Trinajstić information content (AvgIpc) is 1.98. The minimum absolute atomic E-state index is 1.11. The third-order valence-corrected chi connectivity index (χ3v) is 1.29. The third kappa shape index (κ3) is 4.13. The van der Waals surface area contributed by atoms with Gasteiger partial charge in [-0.1, -0.05) is 37.3 Å². The summed E-state index contributed by atoms with van der Waals surface area (Å²) in [6.45, 7) is 6.23. The summed E-state index contributed by atoms with van der Waals surface area (Å²) in [7, 11) is 0. The lowest BCUT2D eigenvalue weighted by Gasteiger charge is -1.91. The minimum Gasteiger partial charge on any atom is -0.0877 e. The van der Waals surface area contributed by atoms with Crippen molar-refractivity contribution in [3.8, 4) is 0 Å². The summed E-state index contributed by atoms with van der Waals surface area (Å²) in [5, 5.41) is 0. The van der Waals surface area contributed by atoms with Crippen molar-refractivity contribution in [1.29, 1.82) is 0 Å². The zero-order chi connectivity index (χ0) is 7.82. The van der Waals surface area contributed by atoms with Gasteiger partial charge in [-0.15, -0.1) is 0 Å². The Bertz CT molecular complexity index is 147. The summed E-state index contributed by atoms with van der Waals surface area (Å²) in [5.74, 6) is 0. The summed E-state index contributed by atoms with van der Waals surface area (Å²) in [4.78, 5) is 0. The lowest BCUT2D eigenvalue weighted by molar-refractivity contribution is 1.15. The quantitative estimate of drug-likeness (QED) is 0.521. The first kappa shape index (κ1) is 9.22. The molecule has 0 aliphatic carbocycles. The van der Waals surface area contributed by atoms with Crippen LogP contribution in [0.2, 0.25) is 0 Å². The van der Waals surface area contributed by atoms with Gasteiger partial charge in [0.15, 0.2) is 0 Å². The van der Waals surface area contributed by atoms with Gasteiger partial charge in [-0.2, -0.15) is 0 Å². The van der Waals surface area contributed by atoms with Gasteiger partial charge in [0, 0.05) is 0 Å². The summed E-state index contributed by atoms with van der Waals surface area (Å²) < 4.78 is 0. The Morgan fingerprint density at radius 3 is 2.30 bits per heavy atom. The molecule has 0 unspecified atom stereocenters. The van der Waals surface area contributed by atoms with Crippen LogP contribution in [0.15, 0.2) is 36.0 Å². The molecule has 56 valence electrons. The second-order valence-corrected chi connectivity index (χ2v) is 2.12. The fourth-order valence-electron chi connectivity index (χ4n) is 0.725. The van der Waals surface area contributed by atoms with Gasteiger partial charge in [-0.05, 0) is 25.8 Å². The maximum atomic E-state index is 2.16. The predicted octanol–water partition coefficient (Wildman–Crippen LogP) is 3.48. The monoisotopic (exact) mass is 136 g/mol. The largest absolute Gasteiger partial charge is 0.0877 e. The van der Waals surface area contributed by atoms with Crippen LogP contribution in [-0.4, -0.2) is 0 Å². The van der Waals surface area contributed by atoms with Crippen molar-refractivity contribution in [2.24, 2.45) is 0 Å². The van der Waals surface area contributed by atoms with Crippen LogP contribution in [0.4, 0.5) is 0 Å². The second-order valence-electron chi connectivity index (χ2n) is 2.12. The predicted molar refractivity (Wildman–Crippen MR) is 48.0 cm³/mol. The van der Waals surface area contributed by atoms with E-state index in [1.807, 2.05) is 19.9 Å². The summed E-state index contributed by atoms with van der Waals surface area (Å²) in [6, 6.07) is 0. The van der Waals surface area contributed by atoms with E-state index < -0.39 is 0 Å². The minimum atomic E-state index is 1.11. The van der Waals surface area contributed by atoms with E-state index in [9.17, 15) is 0 Å². The Morgan fingerprint density at radius 2 is 1.90 bits per heavy atom. The van der Waals surface area contributed by atoms with Crippen LogP contribution in [-0.2, 0) is 0 Å². The van der Waals surface area contributed by atoms with Gasteiger partial charge >= 0.3 is 0 Å². The van der Waals surface area contributed by atoms with E-state index >= 15 is 0 Å². The molecule has 0 fully saturated rings. The van der Waals surface area contributed by atoms with Gasteiger partial charge in [0.2, 0.25) is 0 Å². The molecule has 0 N–H and O–H groups in total. The summed E-state index contributed by atoms with van der Waals surface area (Å²) in [6.07, 6.45) is 11.6. The normalized spacial score (nSPS) is 13.7. The van der Waals surface area contributed by atoms with Crippen molar-refractivity contribution >= 4 is 0 Å². The maximum absolute atomic E-state index is 2.16. The molecule has 10 heavy (non-hydrogen) atoms. The highest BCUT2D eigenvalue weighted by Crippen LogP contribution is 2.01. The number of hydrogen-bond donors (Lipinski definition) is 0. The Kier molecular flexibility index (Phi) is 5.85. The van der Waals surface area contributed by atoms with Crippen molar-refractivity contribution in [3.63, 3.8) is 0 Å². The van der Waals surface area contributed by atoms with Crippen LogP contribution in [0.5, 0.6) is 0 Å². The van der Waals surface area contributed by atoms with Crippen molar-refractivity contribution < 1.29 is 0 Å². The molecular formula is C10H16. The third-order valence-electron chi connectivity index (χ3n) is 1.29. The molecule has 0 nitrogen and oxygen atoms in total. The van der Waals surface area contributed by atoms with Gasteiger partial charge in [0.05, 0.1) is 0 Å². The Balaban J connectivity index is 4.04. The standard InChI is InChI=1S/C10H16/c1-4-7-9-10(6-3)8-5-2/h4-5,7-9H,6H2,1-3H3/b7-4-,8-5-,10-9-. The molecule has 0 aliphatic rings. The average molecular weight is 136 g/mol. The fraction of sp³-hybridized carbons (Fsp3) is 0.400. The maximum Gasteiger partial charge on any atom is -0.0308 e. The molecule has 0 atom stereocenters. The highest BCUT2D eigenvalue weighted by atomic mass is 13.9. The van der Waals surface area contributed by atoms with Gasteiger partial charge in [-0.3, -0.25) is 0 Å². The van der Waals surface area contributed by atoms with E-state index in [0.717, 1.165) is 6.42 Å².